The quantitative estimate of drug-likeness (QED) is 0.665. The van der Waals surface area contributed by atoms with E-state index >= 15 is 0 Å². The van der Waals surface area contributed by atoms with E-state index in [9.17, 15) is 4.79 Å². The van der Waals surface area contributed by atoms with Crippen LogP contribution in [0, 0.1) is 0 Å². The predicted molar refractivity (Wildman–Crippen MR) is 53.1 cm³/mol. The number of carboxylic acids is 1. The second-order valence-corrected chi connectivity index (χ2v) is 2.92. The first-order valence-corrected chi connectivity index (χ1v) is 4.07. The number of carbonyl (C=O) groups is 1. The monoisotopic (exact) mass is 188 g/mol. The number of pyridine rings is 1. The van der Waals surface area contributed by atoms with Gasteiger partial charge in [-0.3, -0.25) is 0 Å². The van der Waals surface area contributed by atoms with E-state index in [0.29, 0.717) is 11.2 Å². The van der Waals surface area contributed by atoms with E-state index in [1.807, 2.05) is 6.07 Å². The highest BCUT2D eigenvalue weighted by atomic mass is 16.4. The van der Waals surface area contributed by atoms with Crippen LogP contribution in [0.3, 0.4) is 0 Å². The van der Waals surface area contributed by atoms with Crippen LogP contribution in [0.2, 0.25) is 0 Å². The number of fused-ring (bicyclic) bond motifs is 1. The maximum atomic E-state index is 10.7. The number of rotatable bonds is 1. The number of nitrogen functional groups attached to an aromatic ring is 1. The van der Waals surface area contributed by atoms with Crippen molar-refractivity contribution >= 4 is 22.6 Å². The summed E-state index contributed by atoms with van der Waals surface area (Å²) in [4.78, 5) is 14.6. The van der Waals surface area contributed by atoms with E-state index in [1.54, 1.807) is 18.2 Å². The van der Waals surface area contributed by atoms with Crippen molar-refractivity contribution in [2.75, 3.05) is 5.73 Å². The number of para-hydroxylation sites is 1. The molecule has 0 saturated heterocycles. The van der Waals surface area contributed by atoms with Gasteiger partial charge in [0, 0.05) is 5.39 Å². The minimum Gasteiger partial charge on any atom is -0.477 e. The molecule has 1 aromatic heterocycles. The summed E-state index contributed by atoms with van der Waals surface area (Å²) in [6.45, 7) is 0. The zero-order chi connectivity index (χ0) is 10.1. The third-order valence-corrected chi connectivity index (χ3v) is 1.97. The second kappa shape index (κ2) is 2.99. The number of nitrogens with two attached hydrogens (primary N) is 1. The molecule has 0 amide bonds. The van der Waals surface area contributed by atoms with E-state index in [4.69, 9.17) is 10.8 Å². The van der Waals surface area contributed by atoms with Gasteiger partial charge in [-0.15, -0.1) is 0 Å². The van der Waals surface area contributed by atoms with Crippen LogP contribution in [0.25, 0.3) is 10.9 Å². The van der Waals surface area contributed by atoms with Gasteiger partial charge in [0.15, 0.2) is 0 Å². The molecule has 0 spiro atoms. The van der Waals surface area contributed by atoms with Crippen LogP contribution in [0.15, 0.2) is 30.3 Å². The fourth-order valence-electron chi connectivity index (χ4n) is 1.29. The zero-order valence-electron chi connectivity index (χ0n) is 7.27. The Morgan fingerprint density at radius 2 is 2.07 bits per heavy atom. The van der Waals surface area contributed by atoms with Crippen LogP contribution in [0.4, 0.5) is 5.69 Å². The third-order valence-electron chi connectivity index (χ3n) is 1.97. The molecule has 0 fully saturated rings. The number of aromatic nitrogens is 1. The van der Waals surface area contributed by atoms with Gasteiger partial charge in [-0.25, -0.2) is 9.78 Å². The van der Waals surface area contributed by atoms with E-state index < -0.39 is 5.97 Å². The average Bonchev–Trinajstić information content (AvgIpc) is 2.18. The van der Waals surface area contributed by atoms with Crippen LogP contribution in [0.5, 0.6) is 0 Å². The van der Waals surface area contributed by atoms with Crippen LogP contribution < -0.4 is 5.73 Å². The average molecular weight is 188 g/mol. The number of hydrogen-bond acceptors (Lipinski definition) is 3. The lowest BCUT2D eigenvalue weighted by Gasteiger charge is -2.01. The molecule has 0 aliphatic heterocycles. The Morgan fingerprint density at radius 3 is 2.79 bits per heavy atom. The molecule has 3 N–H and O–H groups in total. The van der Waals surface area contributed by atoms with Crippen molar-refractivity contribution in [3.05, 3.63) is 36.0 Å². The van der Waals surface area contributed by atoms with Crippen molar-refractivity contribution in [2.24, 2.45) is 0 Å². The van der Waals surface area contributed by atoms with E-state index in [0.717, 1.165) is 5.39 Å². The van der Waals surface area contributed by atoms with Crippen LogP contribution in [0.1, 0.15) is 10.5 Å². The fraction of sp³-hybridized carbons (Fsp3) is 0. The summed E-state index contributed by atoms with van der Waals surface area (Å²) in [5, 5.41) is 9.57. The topological polar surface area (TPSA) is 76.2 Å². The van der Waals surface area contributed by atoms with Crippen LogP contribution in [-0.4, -0.2) is 16.1 Å². The Balaban J connectivity index is 2.76. The van der Waals surface area contributed by atoms with E-state index in [2.05, 4.69) is 4.98 Å². The summed E-state index contributed by atoms with van der Waals surface area (Å²) < 4.78 is 0. The fourth-order valence-corrected chi connectivity index (χ4v) is 1.29. The van der Waals surface area contributed by atoms with Gasteiger partial charge in [0.1, 0.15) is 5.69 Å². The Bertz CT molecular complexity index is 508. The standard InChI is InChI=1S/C10H8N2O2/c11-7-3-1-2-6-4-5-8(10(13)14)12-9(6)7/h1-5H,11H2,(H,13,14). The minimum atomic E-state index is -1.05. The number of carboxylic acid groups (broad SMARTS) is 1. The van der Waals surface area contributed by atoms with E-state index in [-0.39, 0.29) is 5.69 Å². The van der Waals surface area contributed by atoms with Crippen molar-refractivity contribution in [1.82, 2.24) is 4.98 Å². The molecule has 0 aliphatic carbocycles. The molecule has 1 aromatic carbocycles. The highest BCUT2D eigenvalue weighted by Crippen LogP contribution is 2.18. The molecule has 0 aliphatic rings. The van der Waals surface area contributed by atoms with Gasteiger partial charge in [-0.2, -0.15) is 0 Å². The van der Waals surface area contributed by atoms with Crippen LogP contribution >= 0.6 is 0 Å². The first-order valence-electron chi connectivity index (χ1n) is 4.07. The van der Waals surface area contributed by atoms with Gasteiger partial charge in [-0.1, -0.05) is 18.2 Å². The molecular weight excluding hydrogens is 180 g/mol. The normalized spacial score (nSPS) is 10.3. The maximum absolute atomic E-state index is 10.7. The number of aromatic carboxylic acids is 1. The van der Waals surface area contributed by atoms with Gasteiger partial charge in [0.25, 0.3) is 0 Å². The molecule has 0 unspecified atom stereocenters. The summed E-state index contributed by atoms with van der Waals surface area (Å²) in [7, 11) is 0. The molecule has 2 aromatic rings. The second-order valence-electron chi connectivity index (χ2n) is 2.92. The van der Waals surface area contributed by atoms with Gasteiger partial charge in [0.05, 0.1) is 11.2 Å². The van der Waals surface area contributed by atoms with E-state index in [1.165, 1.54) is 6.07 Å². The van der Waals surface area contributed by atoms with Gasteiger partial charge >= 0.3 is 5.97 Å². The van der Waals surface area contributed by atoms with Crippen molar-refractivity contribution in [1.29, 1.82) is 0 Å². The molecule has 0 radical (unpaired) electrons. The smallest absolute Gasteiger partial charge is 0.354 e. The maximum Gasteiger partial charge on any atom is 0.354 e. The lowest BCUT2D eigenvalue weighted by molar-refractivity contribution is 0.0691. The molecule has 4 heteroatoms. The summed E-state index contributed by atoms with van der Waals surface area (Å²) in [5.74, 6) is -1.05. The lowest BCUT2D eigenvalue weighted by Crippen LogP contribution is -2.00. The SMILES string of the molecule is Nc1cccc2ccc(C(=O)O)nc12. The summed E-state index contributed by atoms with van der Waals surface area (Å²) in [5.41, 5.74) is 6.71. The predicted octanol–water partition coefficient (Wildman–Crippen LogP) is 1.52. The molecule has 4 nitrogen and oxygen atoms in total. The van der Waals surface area contributed by atoms with Crippen molar-refractivity contribution < 1.29 is 9.90 Å². The number of benzene rings is 1. The first kappa shape index (κ1) is 8.50. The highest BCUT2D eigenvalue weighted by Gasteiger charge is 2.06. The first-order chi connectivity index (χ1) is 6.68. The molecule has 1 heterocycles. The number of anilines is 1. The number of nitrogens with zero attached hydrogens (tertiary/aromatic N) is 1. The molecule has 0 atom stereocenters. The molecule has 70 valence electrons. The van der Waals surface area contributed by atoms with Crippen molar-refractivity contribution in [2.45, 2.75) is 0 Å². The van der Waals surface area contributed by atoms with Gasteiger partial charge in [0.2, 0.25) is 0 Å². The Labute approximate surface area is 80.0 Å². The summed E-state index contributed by atoms with van der Waals surface area (Å²) in [6, 6.07) is 8.50. The molecular formula is C10H8N2O2. The van der Waals surface area contributed by atoms with Gasteiger partial charge < -0.3 is 10.8 Å². The molecule has 0 saturated carbocycles. The molecule has 2 rings (SSSR count). The van der Waals surface area contributed by atoms with Crippen LogP contribution in [-0.2, 0) is 0 Å². The zero-order valence-corrected chi connectivity index (χ0v) is 7.27. The Hall–Kier alpha value is -2.10. The minimum absolute atomic E-state index is 0.00963. The third kappa shape index (κ3) is 1.26. The lowest BCUT2D eigenvalue weighted by atomic mass is 10.2. The molecule has 0 bridgehead atoms. The highest BCUT2D eigenvalue weighted by molar-refractivity contribution is 5.94. The van der Waals surface area contributed by atoms with Crippen molar-refractivity contribution in [3.8, 4) is 0 Å². The Morgan fingerprint density at radius 1 is 1.29 bits per heavy atom. The largest absolute Gasteiger partial charge is 0.477 e. The number of hydrogen-bond donors (Lipinski definition) is 2. The molecule has 14 heavy (non-hydrogen) atoms. The Kier molecular flexibility index (Phi) is 1.81. The summed E-state index contributed by atoms with van der Waals surface area (Å²) in [6.07, 6.45) is 0. The van der Waals surface area contributed by atoms with Gasteiger partial charge in [-0.05, 0) is 12.1 Å². The summed E-state index contributed by atoms with van der Waals surface area (Å²) >= 11 is 0. The van der Waals surface area contributed by atoms with Crippen molar-refractivity contribution in [3.63, 3.8) is 0 Å².